The van der Waals surface area contributed by atoms with Crippen molar-refractivity contribution in [2.24, 2.45) is 0 Å². The number of rotatable bonds is 6. The van der Waals surface area contributed by atoms with E-state index in [4.69, 9.17) is 9.47 Å². The minimum atomic E-state index is -1.49. The predicted octanol–water partition coefficient (Wildman–Crippen LogP) is 3.60. The first-order valence-electron chi connectivity index (χ1n) is 6.26. The minimum absolute atomic E-state index is 0.113. The molecule has 0 atom stereocenters. The van der Waals surface area contributed by atoms with Gasteiger partial charge in [-0.25, -0.2) is 13.2 Å². The van der Waals surface area contributed by atoms with Crippen molar-refractivity contribution in [3.63, 3.8) is 0 Å². The minimum Gasteiger partial charge on any atom is -0.493 e. The lowest BCUT2D eigenvalue weighted by Gasteiger charge is -2.12. The molecule has 0 saturated heterocycles. The van der Waals surface area contributed by atoms with E-state index in [1.165, 1.54) is 7.11 Å². The maximum atomic E-state index is 13.4. The van der Waals surface area contributed by atoms with Gasteiger partial charge >= 0.3 is 0 Å². The summed E-state index contributed by atoms with van der Waals surface area (Å²) in [4.78, 5) is 0. The molecule has 0 unspecified atom stereocenters. The van der Waals surface area contributed by atoms with Gasteiger partial charge in [-0.2, -0.15) is 0 Å². The highest BCUT2D eigenvalue weighted by molar-refractivity contribution is 5.45. The van der Waals surface area contributed by atoms with Crippen LogP contribution < -0.4 is 14.8 Å². The van der Waals surface area contributed by atoms with Gasteiger partial charge in [0.25, 0.3) is 0 Å². The molecule has 2 aromatic rings. The van der Waals surface area contributed by atoms with Crippen LogP contribution >= 0.6 is 0 Å². The third-order valence-electron chi connectivity index (χ3n) is 2.78. The molecule has 112 valence electrons. The standard InChI is InChI=1S/C15H14F3NO2/c1-20-12-4-2-3-5-13(12)21-9-8-19-11-7-6-10(16)14(17)15(11)18/h2-7,19H,8-9H2,1H3. The smallest absolute Gasteiger partial charge is 0.196 e. The van der Waals surface area contributed by atoms with E-state index >= 15 is 0 Å². The molecule has 21 heavy (non-hydrogen) atoms. The number of halogens is 3. The highest BCUT2D eigenvalue weighted by Gasteiger charge is 2.12. The van der Waals surface area contributed by atoms with Crippen LogP contribution in [0.5, 0.6) is 11.5 Å². The SMILES string of the molecule is COc1ccccc1OCCNc1ccc(F)c(F)c1F. The highest BCUT2D eigenvalue weighted by atomic mass is 19.2. The number of methoxy groups -OCH3 is 1. The van der Waals surface area contributed by atoms with Gasteiger partial charge < -0.3 is 14.8 Å². The Morgan fingerprint density at radius 2 is 1.67 bits per heavy atom. The summed E-state index contributed by atoms with van der Waals surface area (Å²) in [5.41, 5.74) is -0.113. The van der Waals surface area contributed by atoms with E-state index in [1.54, 1.807) is 24.3 Å². The number of nitrogens with one attached hydrogen (secondary N) is 1. The number of ether oxygens (including phenoxy) is 2. The molecule has 1 N–H and O–H groups in total. The second-order valence-electron chi connectivity index (χ2n) is 4.15. The van der Waals surface area contributed by atoms with Gasteiger partial charge in [-0.3, -0.25) is 0 Å². The first-order valence-corrected chi connectivity index (χ1v) is 6.26. The zero-order chi connectivity index (χ0) is 15.2. The number of hydrogen-bond donors (Lipinski definition) is 1. The van der Waals surface area contributed by atoms with Crippen LogP contribution in [0.25, 0.3) is 0 Å². The van der Waals surface area contributed by atoms with Crippen molar-refractivity contribution in [3.05, 3.63) is 53.8 Å². The second-order valence-corrected chi connectivity index (χ2v) is 4.15. The number of para-hydroxylation sites is 2. The summed E-state index contributed by atoms with van der Waals surface area (Å²) in [5, 5.41) is 2.64. The van der Waals surface area contributed by atoms with Gasteiger partial charge in [-0.05, 0) is 24.3 Å². The van der Waals surface area contributed by atoms with Crippen LogP contribution in [0.15, 0.2) is 36.4 Å². The fourth-order valence-corrected chi connectivity index (χ4v) is 1.75. The maximum Gasteiger partial charge on any atom is 0.196 e. The molecule has 0 aliphatic rings. The molecule has 0 spiro atoms. The highest BCUT2D eigenvalue weighted by Crippen LogP contribution is 2.25. The van der Waals surface area contributed by atoms with Crippen LogP contribution in [0, 0.1) is 17.5 Å². The van der Waals surface area contributed by atoms with Gasteiger partial charge in [0.05, 0.1) is 12.8 Å². The summed E-state index contributed by atoms with van der Waals surface area (Å²) in [5.74, 6) is -2.83. The third-order valence-corrected chi connectivity index (χ3v) is 2.78. The quantitative estimate of drug-likeness (QED) is 0.653. The Morgan fingerprint density at radius 3 is 2.38 bits per heavy atom. The van der Waals surface area contributed by atoms with Crippen LogP contribution in [0.2, 0.25) is 0 Å². The van der Waals surface area contributed by atoms with E-state index in [-0.39, 0.29) is 18.8 Å². The van der Waals surface area contributed by atoms with Crippen LogP contribution in [-0.4, -0.2) is 20.3 Å². The molecule has 0 aromatic heterocycles. The second kappa shape index (κ2) is 6.88. The zero-order valence-electron chi connectivity index (χ0n) is 11.3. The molecule has 6 heteroatoms. The van der Waals surface area contributed by atoms with Crippen molar-refractivity contribution < 1.29 is 22.6 Å². The van der Waals surface area contributed by atoms with E-state index < -0.39 is 17.5 Å². The summed E-state index contributed by atoms with van der Waals surface area (Å²) in [6.07, 6.45) is 0. The van der Waals surface area contributed by atoms with Gasteiger partial charge in [-0.15, -0.1) is 0 Å². The van der Waals surface area contributed by atoms with Crippen molar-refractivity contribution in [1.29, 1.82) is 0 Å². The predicted molar refractivity (Wildman–Crippen MR) is 73.3 cm³/mol. The van der Waals surface area contributed by atoms with Crippen LogP contribution in [0.1, 0.15) is 0 Å². The molecule has 2 rings (SSSR count). The molecular formula is C15H14F3NO2. The number of anilines is 1. The Bertz CT molecular complexity index is 620. The Kier molecular flexibility index (Phi) is 4.92. The molecule has 0 radical (unpaired) electrons. The fraction of sp³-hybridized carbons (Fsp3) is 0.200. The Labute approximate surface area is 120 Å². The first-order chi connectivity index (χ1) is 10.1. The van der Waals surface area contributed by atoms with E-state index in [1.807, 2.05) is 0 Å². The van der Waals surface area contributed by atoms with Crippen molar-refractivity contribution in [1.82, 2.24) is 0 Å². The molecule has 0 heterocycles. The summed E-state index contributed by atoms with van der Waals surface area (Å²) >= 11 is 0. The number of hydrogen-bond acceptors (Lipinski definition) is 3. The molecule has 0 bridgehead atoms. The maximum absolute atomic E-state index is 13.4. The average molecular weight is 297 g/mol. The van der Waals surface area contributed by atoms with E-state index in [2.05, 4.69) is 5.32 Å². The molecule has 2 aromatic carbocycles. The van der Waals surface area contributed by atoms with Gasteiger partial charge in [0.15, 0.2) is 29.0 Å². The summed E-state index contributed by atoms with van der Waals surface area (Å²) in [6.45, 7) is 0.429. The lowest BCUT2D eigenvalue weighted by atomic mass is 10.3. The third kappa shape index (κ3) is 3.59. The largest absolute Gasteiger partial charge is 0.493 e. The van der Waals surface area contributed by atoms with Crippen LogP contribution in [-0.2, 0) is 0 Å². The Balaban J connectivity index is 1.89. The van der Waals surface area contributed by atoms with Crippen LogP contribution in [0.3, 0.4) is 0 Å². The molecule has 0 aliphatic heterocycles. The molecular weight excluding hydrogens is 283 g/mol. The lowest BCUT2D eigenvalue weighted by Crippen LogP contribution is -2.13. The molecule has 0 fully saturated rings. The summed E-state index contributed by atoms with van der Waals surface area (Å²) in [6, 6.07) is 9.08. The monoisotopic (exact) mass is 297 g/mol. The normalized spacial score (nSPS) is 10.3. The molecule has 3 nitrogen and oxygen atoms in total. The van der Waals surface area contributed by atoms with Crippen molar-refractivity contribution >= 4 is 5.69 Å². The Hall–Kier alpha value is -2.37. The summed E-state index contributed by atoms with van der Waals surface area (Å²) in [7, 11) is 1.52. The zero-order valence-corrected chi connectivity index (χ0v) is 11.3. The molecule has 0 saturated carbocycles. The number of benzene rings is 2. The van der Waals surface area contributed by atoms with Crippen molar-refractivity contribution in [3.8, 4) is 11.5 Å². The van der Waals surface area contributed by atoms with Gasteiger partial charge in [0.1, 0.15) is 6.61 Å². The van der Waals surface area contributed by atoms with Gasteiger partial charge in [0, 0.05) is 6.54 Å². The van der Waals surface area contributed by atoms with E-state index in [9.17, 15) is 13.2 Å². The summed E-state index contributed by atoms with van der Waals surface area (Å²) < 4.78 is 49.8. The van der Waals surface area contributed by atoms with E-state index in [0.29, 0.717) is 11.5 Å². The fourth-order valence-electron chi connectivity index (χ4n) is 1.75. The van der Waals surface area contributed by atoms with Gasteiger partial charge in [0.2, 0.25) is 0 Å². The van der Waals surface area contributed by atoms with Crippen molar-refractivity contribution in [2.45, 2.75) is 0 Å². The van der Waals surface area contributed by atoms with Gasteiger partial charge in [-0.1, -0.05) is 12.1 Å². The average Bonchev–Trinajstić information content (AvgIpc) is 2.51. The van der Waals surface area contributed by atoms with Crippen LogP contribution in [0.4, 0.5) is 18.9 Å². The first kappa shape index (κ1) is 15.0. The van der Waals surface area contributed by atoms with E-state index in [0.717, 1.165) is 12.1 Å². The lowest BCUT2D eigenvalue weighted by molar-refractivity contribution is 0.305. The Morgan fingerprint density at radius 1 is 0.952 bits per heavy atom. The van der Waals surface area contributed by atoms with Crippen molar-refractivity contribution in [2.75, 3.05) is 25.6 Å². The molecule has 0 amide bonds. The topological polar surface area (TPSA) is 30.5 Å². The molecule has 0 aliphatic carbocycles.